The standard InChI is InChI=1S/C24H25N3O3S/c28-23(14-13-20-9-5-8-19-10-7-15-25-24(19)20)26-21-11-6-12-22(18-21)31(29,30)27-16-3-1-2-4-17-27/h5-15,18H,1-4,16-17H2,(H,26,28)/b14-13+. The lowest BCUT2D eigenvalue weighted by Gasteiger charge is -2.20. The lowest BCUT2D eigenvalue weighted by Crippen LogP contribution is -2.32. The molecule has 1 aliphatic heterocycles. The molecule has 0 unspecified atom stereocenters. The summed E-state index contributed by atoms with van der Waals surface area (Å²) >= 11 is 0. The molecule has 1 fully saturated rings. The van der Waals surface area contributed by atoms with Crippen molar-refractivity contribution in [3.8, 4) is 0 Å². The molecule has 2 heterocycles. The van der Waals surface area contributed by atoms with Crippen molar-refractivity contribution in [1.82, 2.24) is 9.29 Å². The Kier molecular flexibility index (Phi) is 6.44. The van der Waals surface area contributed by atoms with Gasteiger partial charge in [0.2, 0.25) is 15.9 Å². The second-order valence-corrected chi connectivity index (χ2v) is 9.53. The highest BCUT2D eigenvalue weighted by atomic mass is 32.2. The summed E-state index contributed by atoms with van der Waals surface area (Å²) in [4.78, 5) is 17.0. The van der Waals surface area contributed by atoms with E-state index in [0.29, 0.717) is 18.8 Å². The number of hydrogen-bond donors (Lipinski definition) is 1. The van der Waals surface area contributed by atoms with Gasteiger partial charge in [-0.05, 0) is 43.2 Å². The summed E-state index contributed by atoms with van der Waals surface area (Å²) in [6, 6.07) is 16.1. The molecular weight excluding hydrogens is 410 g/mol. The highest BCUT2D eigenvalue weighted by Gasteiger charge is 2.25. The number of pyridine rings is 1. The van der Waals surface area contributed by atoms with Gasteiger partial charge in [0.1, 0.15) is 0 Å². The Morgan fingerprint density at radius 1 is 0.968 bits per heavy atom. The Morgan fingerprint density at radius 2 is 1.71 bits per heavy atom. The van der Waals surface area contributed by atoms with Crippen molar-refractivity contribution in [2.75, 3.05) is 18.4 Å². The first-order valence-electron chi connectivity index (χ1n) is 10.5. The fourth-order valence-electron chi connectivity index (χ4n) is 3.78. The molecular formula is C24H25N3O3S. The van der Waals surface area contributed by atoms with E-state index in [2.05, 4.69) is 10.3 Å². The smallest absolute Gasteiger partial charge is 0.248 e. The Balaban J connectivity index is 1.49. The summed E-state index contributed by atoms with van der Waals surface area (Å²) < 4.78 is 27.6. The lowest BCUT2D eigenvalue weighted by atomic mass is 10.1. The molecule has 1 aromatic heterocycles. The molecule has 0 aliphatic carbocycles. The zero-order valence-electron chi connectivity index (χ0n) is 17.2. The summed E-state index contributed by atoms with van der Waals surface area (Å²) in [6.07, 6.45) is 8.73. The largest absolute Gasteiger partial charge is 0.322 e. The molecule has 3 aromatic rings. The van der Waals surface area contributed by atoms with Gasteiger partial charge in [0, 0.05) is 42.0 Å². The number of amides is 1. The quantitative estimate of drug-likeness (QED) is 0.601. The molecule has 6 nitrogen and oxygen atoms in total. The highest BCUT2D eigenvalue weighted by molar-refractivity contribution is 7.89. The first-order chi connectivity index (χ1) is 15.0. The molecule has 7 heteroatoms. The molecule has 1 amide bonds. The zero-order chi connectivity index (χ0) is 21.7. The molecule has 2 aromatic carbocycles. The molecule has 1 saturated heterocycles. The van der Waals surface area contributed by atoms with Gasteiger partial charge in [0.15, 0.2) is 0 Å². The van der Waals surface area contributed by atoms with E-state index in [1.54, 1.807) is 34.8 Å². The van der Waals surface area contributed by atoms with Crippen LogP contribution in [0.1, 0.15) is 31.2 Å². The number of aromatic nitrogens is 1. The molecule has 160 valence electrons. The second-order valence-electron chi connectivity index (χ2n) is 7.59. The van der Waals surface area contributed by atoms with E-state index in [4.69, 9.17) is 0 Å². The van der Waals surface area contributed by atoms with Crippen LogP contribution in [0.5, 0.6) is 0 Å². The number of fused-ring (bicyclic) bond motifs is 1. The van der Waals surface area contributed by atoms with Gasteiger partial charge < -0.3 is 5.32 Å². The minimum atomic E-state index is -3.57. The van der Waals surface area contributed by atoms with Crippen LogP contribution in [0.3, 0.4) is 0 Å². The van der Waals surface area contributed by atoms with Gasteiger partial charge >= 0.3 is 0 Å². The Morgan fingerprint density at radius 3 is 2.52 bits per heavy atom. The number of rotatable bonds is 5. The van der Waals surface area contributed by atoms with Gasteiger partial charge in [-0.2, -0.15) is 4.31 Å². The minimum absolute atomic E-state index is 0.203. The molecule has 0 saturated carbocycles. The molecule has 0 radical (unpaired) electrons. The normalized spacial score (nSPS) is 15.7. The average Bonchev–Trinajstić information content (AvgIpc) is 3.08. The monoisotopic (exact) mass is 435 g/mol. The number of para-hydroxylation sites is 1. The highest BCUT2D eigenvalue weighted by Crippen LogP contribution is 2.23. The average molecular weight is 436 g/mol. The van der Waals surface area contributed by atoms with Gasteiger partial charge in [0.25, 0.3) is 0 Å². The number of carbonyl (C=O) groups is 1. The number of anilines is 1. The summed E-state index contributed by atoms with van der Waals surface area (Å²) in [7, 11) is -3.57. The molecule has 0 bridgehead atoms. The third-order valence-electron chi connectivity index (χ3n) is 5.38. The van der Waals surface area contributed by atoms with Crippen molar-refractivity contribution in [3.05, 3.63) is 72.4 Å². The van der Waals surface area contributed by atoms with E-state index in [1.165, 1.54) is 12.1 Å². The minimum Gasteiger partial charge on any atom is -0.322 e. The summed E-state index contributed by atoms with van der Waals surface area (Å²) in [5, 5.41) is 3.76. The van der Waals surface area contributed by atoms with Crippen LogP contribution in [0.4, 0.5) is 5.69 Å². The molecule has 1 N–H and O–H groups in total. The van der Waals surface area contributed by atoms with Crippen molar-refractivity contribution in [3.63, 3.8) is 0 Å². The summed E-state index contributed by atoms with van der Waals surface area (Å²) in [6.45, 7) is 1.08. The molecule has 1 aliphatic rings. The van der Waals surface area contributed by atoms with Crippen LogP contribution in [0.2, 0.25) is 0 Å². The van der Waals surface area contributed by atoms with E-state index in [1.807, 2.05) is 30.3 Å². The predicted octanol–water partition coefficient (Wildman–Crippen LogP) is 4.45. The van der Waals surface area contributed by atoms with Crippen molar-refractivity contribution in [1.29, 1.82) is 0 Å². The number of nitrogens with zero attached hydrogens (tertiary/aromatic N) is 2. The number of sulfonamides is 1. The Bertz CT molecular complexity index is 1210. The van der Waals surface area contributed by atoms with Gasteiger partial charge in [-0.1, -0.05) is 43.2 Å². The van der Waals surface area contributed by atoms with Crippen molar-refractivity contribution >= 4 is 38.6 Å². The molecule has 4 rings (SSSR count). The number of benzene rings is 2. The van der Waals surface area contributed by atoms with E-state index in [0.717, 1.165) is 42.1 Å². The third-order valence-corrected chi connectivity index (χ3v) is 7.28. The molecule has 31 heavy (non-hydrogen) atoms. The zero-order valence-corrected chi connectivity index (χ0v) is 18.0. The van der Waals surface area contributed by atoms with Crippen LogP contribution in [-0.4, -0.2) is 36.7 Å². The first-order valence-corrected chi connectivity index (χ1v) is 11.9. The molecule has 0 spiro atoms. The van der Waals surface area contributed by atoms with Crippen LogP contribution in [0.15, 0.2) is 71.8 Å². The summed E-state index contributed by atoms with van der Waals surface area (Å²) in [5.41, 5.74) is 2.10. The third kappa shape index (κ3) is 5.00. The Hall–Kier alpha value is -3.03. The van der Waals surface area contributed by atoms with E-state index in [9.17, 15) is 13.2 Å². The van der Waals surface area contributed by atoms with Crippen molar-refractivity contribution < 1.29 is 13.2 Å². The maximum Gasteiger partial charge on any atom is 0.248 e. The summed E-state index contributed by atoms with van der Waals surface area (Å²) in [5.74, 6) is -0.336. The van der Waals surface area contributed by atoms with Gasteiger partial charge in [-0.25, -0.2) is 8.42 Å². The molecule has 0 atom stereocenters. The number of carbonyl (C=O) groups excluding carboxylic acids is 1. The van der Waals surface area contributed by atoms with Gasteiger partial charge in [0.05, 0.1) is 10.4 Å². The van der Waals surface area contributed by atoms with Crippen LogP contribution < -0.4 is 5.32 Å². The Labute approximate surface area is 182 Å². The van der Waals surface area contributed by atoms with Crippen LogP contribution in [0, 0.1) is 0 Å². The SMILES string of the molecule is O=C(/C=C/c1cccc2cccnc12)Nc1cccc(S(=O)(=O)N2CCCCCC2)c1. The predicted molar refractivity (Wildman–Crippen MR) is 123 cm³/mol. The van der Waals surface area contributed by atoms with Gasteiger partial charge in [-0.15, -0.1) is 0 Å². The van der Waals surface area contributed by atoms with E-state index in [-0.39, 0.29) is 10.8 Å². The van der Waals surface area contributed by atoms with Crippen LogP contribution >= 0.6 is 0 Å². The number of hydrogen-bond acceptors (Lipinski definition) is 4. The van der Waals surface area contributed by atoms with Gasteiger partial charge in [-0.3, -0.25) is 9.78 Å². The first kappa shape index (κ1) is 21.2. The number of nitrogens with one attached hydrogen (secondary N) is 1. The maximum atomic E-state index is 13.0. The van der Waals surface area contributed by atoms with E-state index >= 15 is 0 Å². The second kappa shape index (κ2) is 9.41. The van der Waals surface area contributed by atoms with E-state index < -0.39 is 10.0 Å². The van der Waals surface area contributed by atoms with Crippen LogP contribution in [0.25, 0.3) is 17.0 Å². The fraction of sp³-hybridized carbons (Fsp3) is 0.250. The topological polar surface area (TPSA) is 79.4 Å². The van der Waals surface area contributed by atoms with Crippen LogP contribution in [-0.2, 0) is 14.8 Å². The lowest BCUT2D eigenvalue weighted by molar-refractivity contribution is -0.111. The van der Waals surface area contributed by atoms with Crippen molar-refractivity contribution in [2.24, 2.45) is 0 Å². The van der Waals surface area contributed by atoms with Crippen molar-refractivity contribution in [2.45, 2.75) is 30.6 Å². The fourth-order valence-corrected chi connectivity index (χ4v) is 5.34. The maximum absolute atomic E-state index is 13.0.